The maximum atomic E-state index is 12.7. The molecule has 4 heterocycles. The van der Waals surface area contributed by atoms with Crippen molar-refractivity contribution in [3.8, 4) is 11.4 Å². The average molecular weight is 345 g/mol. The van der Waals surface area contributed by atoms with Crippen LogP contribution in [0.25, 0.3) is 11.4 Å². The van der Waals surface area contributed by atoms with Gasteiger partial charge in [0.15, 0.2) is 5.82 Å². The molecular weight excluding hydrogens is 326 g/mol. The number of hydrogen-bond acceptors (Lipinski definition) is 5. The third kappa shape index (κ3) is 3.44. The Balaban J connectivity index is 1.54. The number of carbonyl (C=O) groups is 1. The average Bonchev–Trinajstić information content (AvgIpc) is 2.75. The highest BCUT2D eigenvalue weighted by Gasteiger charge is 2.26. The number of rotatable bonds is 3. The Morgan fingerprint density at radius 2 is 1.92 bits per heavy atom. The molecule has 1 fully saturated rings. The summed E-state index contributed by atoms with van der Waals surface area (Å²) in [5.74, 6) is 0.944. The van der Waals surface area contributed by atoms with Crippen LogP contribution in [0.4, 0.5) is 0 Å². The lowest BCUT2D eigenvalue weighted by molar-refractivity contribution is 0.0705. The van der Waals surface area contributed by atoms with Gasteiger partial charge in [-0.05, 0) is 43.2 Å². The molecule has 4 rings (SSSR count). The second-order valence-corrected chi connectivity index (χ2v) is 6.37. The molecule has 3 aromatic rings. The zero-order chi connectivity index (χ0) is 17.8. The molecule has 0 radical (unpaired) electrons. The molecule has 0 N–H and O–H groups in total. The van der Waals surface area contributed by atoms with Gasteiger partial charge in [-0.15, -0.1) is 0 Å². The van der Waals surface area contributed by atoms with Crippen LogP contribution in [0.3, 0.4) is 0 Å². The van der Waals surface area contributed by atoms with Crippen molar-refractivity contribution in [2.24, 2.45) is 0 Å². The van der Waals surface area contributed by atoms with E-state index in [0.717, 1.165) is 30.6 Å². The van der Waals surface area contributed by atoms with Gasteiger partial charge in [-0.2, -0.15) is 0 Å². The van der Waals surface area contributed by atoms with Crippen molar-refractivity contribution < 1.29 is 4.79 Å². The fraction of sp³-hybridized carbons (Fsp3) is 0.250. The van der Waals surface area contributed by atoms with Gasteiger partial charge in [-0.3, -0.25) is 14.8 Å². The van der Waals surface area contributed by atoms with Gasteiger partial charge in [0.1, 0.15) is 0 Å². The van der Waals surface area contributed by atoms with Crippen LogP contribution in [0.5, 0.6) is 0 Å². The fourth-order valence-corrected chi connectivity index (χ4v) is 3.31. The SMILES string of the molecule is O=C(c1cccnc1)N1CCCC(c2ccnc(-c3ccncc3)n2)C1. The molecule has 3 aromatic heterocycles. The number of piperidine rings is 1. The standard InChI is InChI=1S/C20H19N5O/c26-20(16-3-1-8-22-13-16)25-12-2-4-17(14-25)18-7-11-23-19(24-18)15-5-9-21-10-6-15/h1,3,5-11,13,17H,2,4,12,14H2. The van der Waals surface area contributed by atoms with Gasteiger partial charge >= 0.3 is 0 Å². The van der Waals surface area contributed by atoms with E-state index in [1.54, 1.807) is 37.1 Å². The monoisotopic (exact) mass is 345 g/mol. The fourth-order valence-electron chi connectivity index (χ4n) is 3.31. The third-order valence-electron chi connectivity index (χ3n) is 4.65. The van der Waals surface area contributed by atoms with Gasteiger partial charge in [0.2, 0.25) is 0 Å². The van der Waals surface area contributed by atoms with Gasteiger partial charge < -0.3 is 4.90 Å². The molecule has 1 saturated heterocycles. The normalized spacial score (nSPS) is 17.1. The van der Waals surface area contributed by atoms with E-state index in [1.165, 1.54) is 0 Å². The number of amides is 1. The van der Waals surface area contributed by atoms with E-state index in [2.05, 4.69) is 15.0 Å². The molecule has 130 valence electrons. The maximum Gasteiger partial charge on any atom is 0.255 e. The van der Waals surface area contributed by atoms with Crippen LogP contribution >= 0.6 is 0 Å². The summed E-state index contributed by atoms with van der Waals surface area (Å²) in [5.41, 5.74) is 2.56. The molecule has 1 unspecified atom stereocenters. The van der Waals surface area contributed by atoms with Crippen LogP contribution < -0.4 is 0 Å². The van der Waals surface area contributed by atoms with E-state index in [-0.39, 0.29) is 11.8 Å². The van der Waals surface area contributed by atoms with Crippen molar-refractivity contribution in [3.05, 3.63) is 72.6 Å². The summed E-state index contributed by atoms with van der Waals surface area (Å²) in [6, 6.07) is 9.36. The zero-order valence-corrected chi connectivity index (χ0v) is 14.3. The largest absolute Gasteiger partial charge is 0.338 e. The topological polar surface area (TPSA) is 71.9 Å². The minimum absolute atomic E-state index is 0.0335. The lowest BCUT2D eigenvalue weighted by Gasteiger charge is -2.32. The second kappa shape index (κ2) is 7.39. The Bertz CT molecular complexity index is 885. The first-order valence-electron chi connectivity index (χ1n) is 8.74. The van der Waals surface area contributed by atoms with Crippen LogP contribution in [0.15, 0.2) is 61.3 Å². The van der Waals surface area contributed by atoms with Crippen LogP contribution in [0, 0.1) is 0 Å². The Morgan fingerprint density at radius 1 is 1.04 bits per heavy atom. The summed E-state index contributed by atoms with van der Waals surface area (Å²) >= 11 is 0. The molecule has 1 aliphatic heterocycles. The molecular formula is C20H19N5O. The highest BCUT2D eigenvalue weighted by Crippen LogP contribution is 2.27. The second-order valence-electron chi connectivity index (χ2n) is 6.37. The first kappa shape index (κ1) is 16.3. The van der Waals surface area contributed by atoms with Crippen molar-refractivity contribution >= 4 is 5.91 Å². The van der Waals surface area contributed by atoms with E-state index in [9.17, 15) is 4.79 Å². The molecule has 0 spiro atoms. The van der Waals surface area contributed by atoms with Crippen molar-refractivity contribution in [1.82, 2.24) is 24.8 Å². The maximum absolute atomic E-state index is 12.7. The van der Waals surface area contributed by atoms with Gasteiger partial charge in [0.25, 0.3) is 5.91 Å². The number of aromatic nitrogens is 4. The first-order chi connectivity index (χ1) is 12.8. The van der Waals surface area contributed by atoms with E-state index in [1.807, 2.05) is 29.2 Å². The minimum atomic E-state index is 0.0335. The molecule has 6 nitrogen and oxygen atoms in total. The van der Waals surface area contributed by atoms with Crippen LogP contribution in [-0.2, 0) is 0 Å². The van der Waals surface area contributed by atoms with Gasteiger partial charge in [0, 0.05) is 61.2 Å². The molecule has 6 heteroatoms. The Morgan fingerprint density at radius 3 is 2.73 bits per heavy atom. The lowest BCUT2D eigenvalue weighted by Crippen LogP contribution is -2.39. The number of carbonyl (C=O) groups excluding carboxylic acids is 1. The molecule has 0 saturated carbocycles. The predicted octanol–water partition coefficient (Wildman–Crippen LogP) is 2.95. The van der Waals surface area contributed by atoms with E-state index < -0.39 is 0 Å². The summed E-state index contributed by atoms with van der Waals surface area (Å²) in [6.07, 6.45) is 10.5. The third-order valence-corrected chi connectivity index (χ3v) is 4.65. The summed E-state index contributed by atoms with van der Waals surface area (Å²) in [5, 5.41) is 0. The number of likely N-dealkylation sites (tertiary alicyclic amines) is 1. The Kier molecular flexibility index (Phi) is 4.64. The molecule has 1 atom stereocenters. The molecule has 0 aliphatic carbocycles. The number of pyridine rings is 2. The first-order valence-corrected chi connectivity index (χ1v) is 8.74. The summed E-state index contributed by atoms with van der Waals surface area (Å²) in [4.78, 5) is 31.8. The van der Waals surface area contributed by atoms with E-state index >= 15 is 0 Å². The smallest absolute Gasteiger partial charge is 0.255 e. The Hall–Kier alpha value is -3.15. The van der Waals surface area contributed by atoms with Crippen molar-refractivity contribution in [3.63, 3.8) is 0 Å². The molecule has 1 amide bonds. The van der Waals surface area contributed by atoms with Crippen LogP contribution in [0.2, 0.25) is 0 Å². The van der Waals surface area contributed by atoms with E-state index in [0.29, 0.717) is 17.9 Å². The van der Waals surface area contributed by atoms with Gasteiger partial charge in [-0.25, -0.2) is 9.97 Å². The van der Waals surface area contributed by atoms with Gasteiger partial charge in [-0.1, -0.05) is 0 Å². The summed E-state index contributed by atoms with van der Waals surface area (Å²) in [7, 11) is 0. The minimum Gasteiger partial charge on any atom is -0.338 e. The summed E-state index contributed by atoms with van der Waals surface area (Å²) < 4.78 is 0. The van der Waals surface area contributed by atoms with E-state index in [4.69, 9.17) is 4.98 Å². The molecule has 0 aromatic carbocycles. The highest BCUT2D eigenvalue weighted by molar-refractivity contribution is 5.94. The molecule has 0 bridgehead atoms. The van der Waals surface area contributed by atoms with Crippen molar-refractivity contribution in [2.45, 2.75) is 18.8 Å². The Labute approximate surface area is 152 Å². The number of nitrogens with zero attached hydrogens (tertiary/aromatic N) is 5. The van der Waals surface area contributed by atoms with Crippen LogP contribution in [0.1, 0.15) is 34.8 Å². The van der Waals surface area contributed by atoms with Gasteiger partial charge in [0.05, 0.1) is 5.56 Å². The lowest BCUT2D eigenvalue weighted by atomic mass is 9.94. The number of hydrogen-bond donors (Lipinski definition) is 0. The molecule has 26 heavy (non-hydrogen) atoms. The van der Waals surface area contributed by atoms with Crippen molar-refractivity contribution in [2.75, 3.05) is 13.1 Å². The van der Waals surface area contributed by atoms with Crippen LogP contribution in [-0.4, -0.2) is 43.8 Å². The van der Waals surface area contributed by atoms with Crippen molar-refractivity contribution in [1.29, 1.82) is 0 Å². The highest BCUT2D eigenvalue weighted by atomic mass is 16.2. The quantitative estimate of drug-likeness (QED) is 0.730. The summed E-state index contributed by atoms with van der Waals surface area (Å²) in [6.45, 7) is 1.44. The zero-order valence-electron chi connectivity index (χ0n) is 14.3. The predicted molar refractivity (Wildman–Crippen MR) is 97.4 cm³/mol. The molecule has 1 aliphatic rings.